The number of nitrogens with zero attached hydrogens (tertiary/aromatic N) is 1. The fraction of sp³-hybridized carbons (Fsp3) is 0.231. The second-order valence-corrected chi connectivity index (χ2v) is 5.27. The molecule has 1 unspecified atom stereocenters. The molecule has 1 fully saturated rings. The minimum Gasteiger partial charge on any atom is -0.310 e. The van der Waals surface area contributed by atoms with Gasteiger partial charge in [0.05, 0.1) is 0 Å². The predicted molar refractivity (Wildman–Crippen MR) is 77.9 cm³/mol. The van der Waals surface area contributed by atoms with Gasteiger partial charge in [-0.3, -0.25) is 14.9 Å². The van der Waals surface area contributed by atoms with E-state index in [0.717, 1.165) is 11.1 Å². The van der Waals surface area contributed by atoms with E-state index in [4.69, 9.17) is 24.4 Å². The largest absolute Gasteiger partial charge is 0.310 e. The van der Waals surface area contributed by atoms with Gasteiger partial charge in [-0.15, -0.1) is 0 Å². The molecule has 19 heavy (non-hydrogen) atoms. The van der Waals surface area contributed by atoms with Crippen molar-refractivity contribution in [3.05, 3.63) is 35.4 Å². The average molecular weight is 290 g/mol. The summed E-state index contributed by atoms with van der Waals surface area (Å²) in [5.74, 6) is -0.566. The lowest BCUT2D eigenvalue weighted by Crippen LogP contribution is -2.53. The SMILES string of the molecule is O=C1CCC(N2C(=S)c3ccccc3C2=S)C(=O)N1. The van der Waals surface area contributed by atoms with Crippen molar-refractivity contribution in [2.45, 2.75) is 18.9 Å². The number of hydrogen-bond donors (Lipinski definition) is 1. The molecule has 0 bridgehead atoms. The zero-order valence-electron chi connectivity index (χ0n) is 9.88. The van der Waals surface area contributed by atoms with Gasteiger partial charge in [0.15, 0.2) is 0 Å². The Morgan fingerprint density at radius 1 is 1.11 bits per heavy atom. The van der Waals surface area contributed by atoms with E-state index in [9.17, 15) is 9.59 Å². The maximum atomic E-state index is 11.9. The Bertz CT molecular complexity index is 592. The number of imide groups is 1. The summed E-state index contributed by atoms with van der Waals surface area (Å²) in [5, 5.41) is 2.34. The van der Waals surface area contributed by atoms with Crippen LogP contribution in [0.2, 0.25) is 0 Å². The number of benzene rings is 1. The molecule has 1 aromatic rings. The van der Waals surface area contributed by atoms with Crippen LogP contribution >= 0.6 is 24.4 Å². The van der Waals surface area contributed by atoms with Crippen molar-refractivity contribution in [2.24, 2.45) is 0 Å². The van der Waals surface area contributed by atoms with Crippen molar-refractivity contribution in [1.82, 2.24) is 10.2 Å². The van der Waals surface area contributed by atoms with Crippen LogP contribution in [0.3, 0.4) is 0 Å². The van der Waals surface area contributed by atoms with E-state index >= 15 is 0 Å². The molecule has 0 radical (unpaired) electrons. The number of amides is 2. The average Bonchev–Trinajstić information content (AvgIpc) is 2.64. The Labute approximate surface area is 120 Å². The highest BCUT2D eigenvalue weighted by Gasteiger charge is 2.39. The Balaban J connectivity index is 1.96. The number of piperidine rings is 1. The van der Waals surface area contributed by atoms with Gasteiger partial charge < -0.3 is 4.90 Å². The summed E-state index contributed by atoms with van der Waals surface area (Å²) in [6.07, 6.45) is 0.757. The van der Waals surface area contributed by atoms with Crippen LogP contribution in [-0.2, 0) is 9.59 Å². The quantitative estimate of drug-likeness (QED) is 0.621. The number of hydrogen-bond acceptors (Lipinski definition) is 4. The van der Waals surface area contributed by atoms with Gasteiger partial charge in [0.1, 0.15) is 16.0 Å². The fourth-order valence-electron chi connectivity index (χ4n) is 2.42. The molecule has 2 aliphatic heterocycles. The molecule has 96 valence electrons. The summed E-state index contributed by atoms with van der Waals surface area (Å²) >= 11 is 10.8. The van der Waals surface area contributed by atoms with Gasteiger partial charge in [0, 0.05) is 17.5 Å². The number of rotatable bonds is 1. The summed E-state index contributed by atoms with van der Waals surface area (Å²) in [6, 6.07) is 7.10. The molecule has 3 rings (SSSR count). The molecule has 0 aromatic heterocycles. The third kappa shape index (κ3) is 1.87. The van der Waals surface area contributed by atoms with E-state index in [0.29, 0.717) is 22.8 Å². The molecular formula is C13H10N2O2S2. The van der Waals surface area contributed by atoms with Gasteiger partial charge in [-0.25, -0.2) is 0 Å². The number of fused-ring (bicyclic) bond motifs is 1. The molecule has 1 atom stereocenters. The van der Waals surface area contributed by atoms with Crippen LogP contribution in [0.1, 0.15) is 24.0 Å². The van der Waals surface area contributed by atoms with E-state index in [1.54, 1.807) is 4.90 Å². The number of thiocarbonyl (C=S) groups is 2. The summed E-state index contributed by atoms with van der Waals surface area (Å²) in [4.78, 5) is 26.0. The van der Waals surface area contributed by atoms with Crippen molar-refractivity contribution >= 4 is 46.2 Å². The van der Waals surface area contributed by atoms with Gasteiger partial charge in [-0.1, -0.05) is 48.7 Å². The Kier molecular flexibility index (Phi) is 2.91. The van der Waals surface area contributed by atoms with Crippen LogP contribution in [0.15, 0.2) is 24.3 Å². The van der Waals surface area contributed by atoms with Crippen LogP contribution in [0.4, 0.5) is 0 Å². The predicted octanol–water partition coefficient (Wildman–Crippen LogP) is 1.16. The Morgan fingerprint density at radius 2 is 1.68 bits per heavy atom. The highest BCUT2D eigenvalue weighted by Crippen LogP contribution is 2.28. The maximum absolute atomic E-state index is 11.9. The lowest BCUT2D eigenvalue weighted by molar-refractivity contribution is -0.135. The normalized spacial score (nSPS) is 22.5. The molecule has 4 nitrogen and oxygen atoms in total. The lowest BCUT2D eigenvalue weighted by atomic mass is 10.0. The zero-order chi connectivity index (χ0) is 13.6. The molecule has 1 saturated heterocycles. The van der Waals surface area contributed by atoms with Crippen molar-refractivity contribution in [3.8, 4) is 0 Å². The van der Waals surface area contributed by atoms with Gasteiger partial charge in [-0.05, 0) is 6.42 Å². The van der Waals surface area contributed by atoms with Crippen LogP contribution in [0.25, 0.3) is 0 Å². The van der Waals surface area contributed by atoms with Crippen LogP contribution < -0.4 is 5.32 Å². The van der Waals surface area contributed by atoms with Crippen molar-refractivity contribution in [3.63, 3.8) is 0 Å². The summed E-state index contributed by atoms with van der Waals surface area (Å²) in [5.41, 5.74) is 1.76. The van der Waals surface area contributed by atoms with Gasteiger partial charge in [0.2, 0.25) is 11.8 Å². The molecule has 6 heteroatoms. The molecule has 0 aliphatic carbocycles. The van der Waals surface area contributed by atoms with Crippen molar-refractivity contribution < 1.29 is 9.59 Å². The smallest absolute Gasteiger partial charge is 0.249 e. The first-order valence-corrected chi connectivity index (χ1v) is 6.72. The highest BCUT2D eigenvalue weighted by molar-refractivity contribution is 7.82. The number of carbonyl (C=O) groups is 2. The third-order valence-corrected chi connectivity index (χ3v) is 4.18. The van der Waals surface area contributed by atoms with Crippen molar-refractivity contribution in [1.29, 1.82) is 0 Å². The van der Waals surface area contributed by atoms with Crippen molar-refractivity contribution in [2.75, 3.05) is 0 Å². The first kappa shape index (κ1) is 12.4. The summed E-state index contributed by atoms with van der Waals surface area (Å²) in [7, 11) is 0. The molecule has 2 amide bonds. The van der Waals surface area contributed by atoms with E-state index < -0.39 is 6.04 Å². The Hall–Kier alpha value is -1.66. The van der Waals surface area contributed by atoms with Crippen LogP contribution in [0, 0.1) is 0 Å². The number of carbonyl (C=O) groups excluding carboxylic acids is 2. The summed E-state index contributed by atoms with van der Waals surface area (Å²) < 4.78 is 0. The van der Waals surface area contributed by atoms with E-state index in [1.165, 1.54) is 0 Å². The maximum Gasteiger partial charge on any atom is 0.249 e. The fourth-order valence-corrected chi connectivity index (χ4v) is 3.27. The first-order chi connectivity index (χ1) is 9.09. The van der Waals surface area contributed by atoms with Gasteiger partial charge in [-0.2, -0.15) is 0 Å². The Morgan fingerprint density at radius 3 is 2.21 bits per heavy atom. The molecular weight excluding hydrogens is 280 g/mol. The van der Waals surface area contributed by atoms with E-state index in [1.807, 2.05) is 24.3 Å². The molecule has 0 saturated carbocycles. The lowest BCUT2D eigenvalue weighted by Gasteiger charge is -2.30. The second kappa shape index (κ2) is 4.47. The highest BCUT2D eigenvalue weighted by atomic mass is 32.1. The zero-order valence-corrected chi connectivity index (χ0v) is 11.5. The van der Waals surface area contributed by atoms with Crippen LogP contribution in [0.5, 0.6) is 0 Å². The van der Waals surface area contributed by atoms with Crippen LogP contribution in [-0.4, -0.2) is 32.7 Å². The monoisotopic (exact) mass is 290 g/mol. The standard InChI is InChI=1S/C13H10N2O2S2/c16-10-6-5-9(11(17)14-10)15-12(18)7-3-1-2-4-8(7)13(15)19/h1-4,9H,5-6H2,(H,14,16,17). The third-order valence-electron chi connectivity index (χ3n) is 3.35. The second-order valence-electron chi connectivity index (χ2n) is 4.49. The minimum absolute atomic E-state index is 0.241. The topological polar surface area (TPSA) is 49.4 Å². The molecule has 1 aromatic carbocycles. The summed E-state index contributed by atoms with van der Waals surface area (Å²) in [6.45, 7) is 0. The van der Waals surface area contributed by atoms with Gasteiger partial charge >= 0.3 is 0 Å². The van der Waals surface area contributed by atoms with E-state index in [2.05, 4.69) is 5.32 Å². The minimum atomic E-state index is -0.481. The van der Waals surface area contributed by atoms with Gasteiger partial charge in [0.25, 0.3) is 0 Å². The molecule has 2 aliphatic rings. The number of nitrogens with one attached hydrogen (secondary N) is 1. The van der Waals surface area contributed by atoms with E-state index in [-0.39, 0.29) is 11.8 Å². The first-order valence-electron chi connectivity index (χ1n) is 5.90. The molecule has 1 N–H and O–H groups in total. The molecule has 0 spiro atoms. The molecule has 2 heterocycles.